The van der Waals surface area contributed by atoms with Crippen molar-refractivity contribution >= 4 is 11.6 Å². The van der Waals surface area contributed by atoms with Crippen LogP contribution in [0.3, 0.4) is 0 Å². The second kappa shape index (κ2) is 6.07. The zero-order chi connectivity index (χ0) is 15.5. The Morgan fingerprint density at radius 3 is 2.73 bits per heavy atom. The van der Waals surface area contributed by atoms with Crippen molar-refractivity contribution in [3.05, 3.63) is 47.7 Å². The molecule has 2 aromatic heterocycles. The first-order chi connectivity index (χ1) is 10.6. The second-order valence-corrected chi connectivity index (χ2v) is 4.59. The van der Waals surface area contributed by atoms with E-state index >= 15 is 0 Å². The van der Waals surface area contributed by atoms with E-state index in [1.54, 1.807) is 24.3 Å². The Labute approximate surface area is 128 Å². The van der Waals surface area contributed by atoms with Crippen LogP contribution in [0.25, 0.3) is 22.8 Å². The quantitative estimate of drug-likeness (QED) is 0.678. The standard InChI is InChI=1S/C14H8ClF2N3O2/c15-11-5-4-9(7-18-11)13-19-12(20-22-13)8-2-1-3-10(6-8)21-14(16)17/h1-7,14H. The second-order valence-electron chi connectivity index (χ2n) is 4.20. The van der Waals surface area contributed by atoms with E-state index in [1.807, 2.05) is 0 Å². The number of nitrogens with zero attached hydrogens (tertiary/aromatic N) is 3. The van der Waals surface area contributed by atoms with Crippen molar-refractivity contribution in [1.29, 1.82) is 0 Å². The molecule has 0 fully saturated rings. The van der Waals surface area contributed by atoms with Crippen molar-refractivity contribution in [2.75, 3.05) is 0 Å². The average Bonchev–Trinajstić information content (AvgIpc) is 2.97. The molecule has 5 nitrogen and oxygen atoms in total. The van der Waals surface area contributed by atoms with E-state index in [-0.39, 0.29) is 17.5 Å². The third kappa shape index (κ3) is 3.20. The van der Waals surface area contributed by atoms with Gasteiger partial charge in [0.1, 0.15) is 10.9 Å². The van der Waals surface area contributed by atoms with Gasteiger partial charge in [0, 0.05) is 11.8 Å². The Balaban J connectivity index is 1.89. The molecule has 8 heteroatoms. The van der Waals surface area contributed by atoms with Crippen LogP contribution in [0.2, 0.25) is 5.15 Å². The monoisotopic (exact) mass is 323 g/mol. The number of ether oxygens (including phenoxy) is 1. The minimum Gasteiger partial charge on any atom is -0.435 e. The van der Waals surface area contributed by atoms with Crippen molar-refractivity contribution in [2.24, 2.45) is 0 Å². The lowest BCUT2D eigenvalue weighted by Gasteiger charge is -2.04. The first kappa shape index (κ1) is 14.4. The van der Waals surface area contributed by atoms with Gasteiger partial charge in [0.15, 0.2) is 0 Å². The topological polar surface area (TPSA) is 61.0 Å². The number of hydrogen-bond acceptors (Lipinski definition) is 5. The summed E-state index contributed by atoms with van der Waals surface area (Å²) in [4.78, 5) is 8.12. The van der Waals surface area contributed by atoms with Gasteiger partial charge in [-0.15, -0.1) is 0 Å². The van der Waals surface area contributed by atoms with Gasteiger partial charge in [-0.2, -0.15) is 13.8 Å². The SMILES string of the molecule is FC(F)Oc1cccc(-c2noc(-c3ccc(Cl)nc3)n2)c1. The highest BCUT2D eigenvalue weighted by atomic mass is 35.5. The molecule has 0 aliphatic carbocycles. The van der Waals surface area contributed by atoms with E-state index in [0.717, 1.165) is 0 Å². The maximum Gasteiger partial charge on any atom is 0.387 e. The summed E-state index contributed by atoms with van der Waals surface area (Å²) >= 11 is 5.71. The van der Waals surface area contributed by atoms with E-state index in [1.165, 1.54) is 18.3 Å². The van der Waals surface area contributed by atoms with Gasteiger partial charge in [-0.3, -0.25) is 0 Å². The van der Waals surface area contributed by atoms with Crippen molar-refractivity contribution < 1.29 is 18.0 Å². The van der Waals surface area contributed by atoms with Gasteiger partial charge in [0.05, 0.1) is 5.56 Å². The molecule has 0 radical (unpaired) electrons. The highest BCUT2D eigenvalue weighted by Crippen LogP contribution is 2.25. The molecule has 0 aliphatic heterocycles. The summed E-state index contributed by atoms with van der Waals surface area (Å²) in [6.45, 7) is -2.89. The van der Waals surface area contributed by atoms with Crippen LogP contribution in [0.5, 0.6) is 5.75 Å². The third-order valence-electron chi connectivity index (χ3n) is 2.72. The molecule has 0 unspecified atom stereocenters. The summed E-state index contributed by atoms with van der Waals surface area (Å²) < 4.78 is 33.9. The van der Waals surface area contributed by atoms with Gasteiger partial charge < -0.3 is 9.26 Å². The predicted octanol–water partition coefficient (Wildman–Crippen LogP) is 4.05. The van der Waals surface area contributed by atoms with Gasteiger partial charge in [0.25, 0.3) is 5.89 Å². The Hall–Kier alpha value is -2.54. The molecule has 0 N–H and O–H groups in total. The lowest BCUT2D eigenvalue weighted by Crippen LogP contribution is -2.01. The Bertz CT molecular complexity index is 778. The molecule has 0 saturated heterocycles. The number of halogens is 3. The number of aromatic nitrogens is 3. The van der Waals surface area contributed by atoms with Crippen LogP contribution in [-0.2, 0) is 0 Å². The molecule has 0 saturated carbocycles. The number of alkyl halides is 2. The Kier molecular flexibility index (Phi) is 3.97. The fourth-order valence-corrected chi connectivity index (χ4v) is 1.88. The molecule has 0 bridgehead atoms. The van der Waals surface area contributed by atoms with E-state index in [9.17, 15) is 8.78 Å². The lowest BCUT2D eigenvalue weighted by molar-refractivity contribution is -0.0498. The maximum atomic E-state index is 12.2. The number of hydrogen-bond donors (Lipinski definition) is 0. The number of rotatable bonds is 4. The van der Waals surface area contributed by atoms with Crippen molar-refractivity contribution in [2.45, 2.75) is 6.61 Å². The smallest absolute Gasteiger partial charge is 0.387 e. The molecule has 0 spiro atoms. The summed E-state index contributed by atoms with van der Waals surface area (Å²) in [5.74, 6) is 0.524. The van der Waals surface area contributed by atoms with Gasteiger partial charge in [-0.05, 0) is 24.3 Å². The maximum absolute atomic E-state index is 12.2. The van der Waals surface area contributed by atoms with E-state index < -0.39 is 6.61 Å². The molecule has 112 valence electrons. The van der Waals surface area contributed by atoms with Crippen LogP contribution in [0.4, 0.5) is 8.78 Å². The highest BCUT2D eigenvalue weighted by molar-refractivity contribution is 6.29. The summed E-state index contributed by atoms with van der Waals surface area (Å²) in [7, 11) is 0. The minimum atomic E-state index is -2.89. The highest BCUT2D eigenvalue weighted by Gasteiger charge is 2.12. The Morgan fingerprint density at radius 1 is 1.14 bits per heavy atom. The third-order valence-corrected chi connectivity index (χ3v) is 2.94. The molecule has 3 aromatic rings. The van der Waals surface area contributed by atoms with Gasteiger partial charge in [-0.25, -0.2) is 4.98 Å². The zero-order valence-electron chi connectivity index (χ0n) is 10.9. The van der Waals surface area contributed by atoms with Crippen molar-refractivity contribution in [3.8, 4) is 28.6 Å². The molecule has 1 aromatic carbocycles. The van der Waals surface area contributed by atoms with Gasteiger partial charge in [-0.1, -0.05) is 28.9 Å². The molecule has 3 rings (SSSR count). The Morgan fingerprint density at radius 2 is 2.00 bits per heavy atom. The molecular formula is C14H8ClF2N3O2. The molecule has 2 heterocycles. The van der Waals surface area contributed by atoms with Crippen LogP contribution >= 0.6 is 11.6 Å². The molecule has 0 aliphatic rings. The predicted molar refractivity (Wildman–Crippen MR) is 74.6 cm³/mol. The van der Waals surface area contributed by atoms with Crippen LogP contribution in [0, 0.1) is 0 Å². The number of pyridine rings is 1. The van der Waals surface area contributed by atoms with Crippen LogP contribution in [-0.4, -0.2) is 21.7 Å². The van der Waals surface area contributed by atoms with Crippen LogP contribution < -0.4 is 4.74 Å². The summed E-state index contributed by atoms with van der Waals surface area (Å²) in [6.07, 6.45) is 1.50. The van der Waals surface area contributed by atoms with Crippen molar-refractivity contribution in [3.63, 3.8) is 0 Å². The van der Waals surface area contributed by atoms with Crippen LogP contribution in [0.1, 0.15) is 0 Å². The van der Waals surface area contributed by atoms with Crippen molar-refractivity contribution in [1.82, 2.24) is 15.1 Å². The molecular weight excluding hydrogens is 316 g/mol. The summed E-state index contributed by atoms with van der Waals surface area (Å²) in [6, 6.07) is 9.32. The van der Waals surface area contributed by atoms with E-state index in [2.05, 4.69) is 19.9 Å². The average molecular weight is 324 g/mol. The van der Waals surface area contributed by atoms with E-state index in [4.69, 9.17) is 16.1 Å². The normalized spacial score (nSPS) is 10.9. The first-order valence-corrected chi connectivity index (χ1v) is 6.50. The molecule has 0 atom stereocenters. The number of benzene rings is 1. The summed E-state index contributed by atoms with van der Waals surface area (Å²) in [5, 5.41) is 4.16. The summed E-state index contributed by atoms with van der Waals surface area (Å²) in [5.41, 5.74) is 1.10. The van der Waals surface area contributed by atoms with E-state index in [0.29, 0.717) is 16.3 Å². The minimum absolute atomic E-state index is 0.0204. The molecule has 0 amide bonds. The van der Waals surface area contributed by atoms with Gasteiger partial charge in [0.2, 0.25) is 5.82 Å². The van der Waals surface area contributed by atoms with Gasteiger partial charge >= 0.3 is 6.61 Å². The first-order valence-electron chi connectivity index (χ1n) is 6.13. The fraction of sp³-hybridized carbons (Fsp3) is 0.0714. The largest absolute Gasteiger partial charge is 0.435 e. The van der Waals surface area contributed by atoms with Crippen LogP contribution in [0.15, 0.2) is 47.1 Å². The lowest BCUT2D eigenvalue weighted by atomic mass is 10.2. The fourth-order valence-electron chi connectivity index (χ4n) is 1.77. The zero-order valence-corrected chi connectivity index (χ0v) is 11.7. The molecule has 22 heavy (non-hydrogen) atoms.